The first-order chi connectivity index (χ1) is 7.11. The zero-order chi connectivity index (χ0) is 11.4. The maximum absolute atomic E-state index is 10.8. The monoisotopic (exact) mass is 201 g/mol. The molecule has 5 heteroatoms. The van der Waals surface area contributed by atoms with Crippen molar-refractivity contribution in [3.8, 4) is 12.1 Å². The molecule has 0 aliphatic heterocycles. The van der Waals surface area contributed by atoms with Gasteiger partial charge in [0.2, 0.25) is 0 Å². The van der Waals surface area contributed by atoms with Crippen LogP contribution >= 0.6 is 0 Å². The zero-order valence-corrected chi connectivity index (χ0v) is 8.02. The number of nitro groups is 1. The molecule has 0 amide bonds. The number of nitrogens with zero attached hydrogens (tertiary/aromatic N) is 3. The molecule has 0 fully saturated rings. The van der Waals surface area contributed by atoms with Crippen LogP contribution < -0.4 is 0 Å². The second-order valence-electron chi connectivity index (χ2n) is 2.96. The lowest BCUT2D eigenvalue weighted by Crippen LogP contribution is -2.00. The molecule has 1 rings (SSSR count). The van der Waals surface area contributed by atoms with Gasteiger partial charge in [0.15, 0.2) is 0 Å². The average molecular weight is 201 g/mol. The predicted molar refractivity (Wildman–Crippen MR) is 51.9 cm³/mol. The van der Waals surface area contributed by atoms with Crippen LogP contribution in [-0.2, 0) is 6.42 Å². The van der Waals surface area contributed by atoms with Gasteiger partial charge in [0.05, 0.1) is 34.6 Å². The highest BCUT2D eigenvalue weighted by molar-refractivity contribution is 5.56. The smallest absolute Gasteiger partial charge is 0.258 e. The Morgan fingerprint density at radius 2 is 2.13 bits per heavy atom. The van der Waals surface area contributed by atoms with Crippen LogP contribution in [0.4, 0.5) is 5.69 Å². The Balaban J connectivity index is 3.54. The van der Waals surface area contributed by atoms with Crippen LogP contribution in [-0.4, -0.2) is 4.92 Å². The average Bonchev–Trinajstić information content (AvgIpc) is 2.18. The summed E-state index contributed by atoms with van der Waals surface area (Å²) in [5.74, 6) is 0. The number of nitriles is 2. The first kappa shape index (κ1) is 10.7. The molecular weight excluding hydrogens is 194 g/mol. The van der Waals surface area contributed by atoms with Gasteiger partial charge in [-0.25, -0.2) is 0 Å². The normalized spacial score (nSPS) is 9.00. The topological polar surface area (TPSA) is 90.7 Å². The van der Waals surface area contributed by atoms with Crippen molar-refractivity contribution in [2.45, 2.75) is 13.3 Å². The first-order valence-electron chi connectivity index (χ1n) is 4.15. The van der Waals surface area contributed by atoms with Crippen molar-refractivity contribution in [2.24, 2.45) is 0 Å². The fourth-order valence-electron chi connectivity index (χ4n) is 1.37. The number of benzene rings is 1. The van der Waals surface area contributed by atoms with E-state index in [0.717, 1.165) is 0 Å². The Morgan fingerprint density at radius 1 is 1.47 bits per heavy atom. The summed E-state index contributed by atoms with van der Waals surface area (Å²) in [4.78, 5) is 10.2. The van der Waals surface area contributed by atoms with Gasteiger partial charge in [0, 0.05) is 5.56 Å². The van der Waals surface area contributed by atoms with Crippen molar-refractivity contribution in [3.05, 3.63) is 38.9 Å². The summed E-state index contributed by atoms with van der Waals surface area (Å²) in [5, 5.41) is 28.1. The van der Waals surface area contributed by atoms with Gasteiger partial charge >= 0.3 is 0 Å². The van der Waals surface area contributed by atoms with Crippen LogP contribution in [0.1, 0.15) is 16.7 Å². The second kappa shape index (κ2) is 4.21. The van der Waals surface area contributed by atoms with Gasteiger partial charge in [0.25, 0.3) is 5.69 Å². The van der Waals surface area contributed by atoms with Gasteiger partial charge in [-0.05, 0) is 13.0 Å². The Hall–Kier alpha value is -2.40. The van der Waals surface area contributed by atoms with E-state index in [1.807, 2.05) is 12.1 Å². The Bertz CT molecular complexity index is 495. The number of hydrogen-bond donors (Lipinski definition) is 0. The lowest BCUT2D eigenvalue weighted by atomic mass is 10.0. The van der Waals surface area contributed by atoms with Gasteiger partial charge < -0.3 is 0 Å². The molecule has 0 spiro atoms. The Labute approximate surface area is 86.3 Å². The summed E-state index contributed by atoms with van der Waals surface area (Å²) in [6, 6.07) is 6.68. The Morgan fingerprint density at radius 3 is 2.60 bits per heavy atom. The lowest BCUT2D eigenvalue weighted by Gasteiger charge is -2.03. The van der Waals surface area contributed by atoms with E-state index in [-0.39, 0.29) is 23.2 Å². The van der Waals surface area contributed by atoms with Crippen LogP contribution in [0.25, 0.3) is 0 Å². The largest absolute Gasteiger partial charge is 0.277 e. The SMILES string of the molecule is Cc1ccc(C#N)c(CC#N)c1[N+](=O)[O-]. The van der Waals surface area contributed by atoms with Crippen LogP contribution in [0, 0.1) is 39.7 Å². The maximum atomic E-state index is 10.8. The molecule has 1 aromatic rings. The molecule has 0 aromatic heterocycles. The first-order valence-corrected chi connectivity index (χ1v) is 4.15. The highest BCUT2D eigenvalue weighted by Crippen LogP contribution is 2.26. The molecule has 0 saturated carbocycles. The summed E-state index contributed by atoms with van der Waals surface area (Å²) in [6.07, 6.45) is -0.124. The van der Waals surface area contributed by atoms with E-state index >= 15 is 0 Å². The van der Waals surface area contributed by atoms with Crippen LogP contribution in [0.2, 0.25) is 0 Å². The van der Waals surface area contributed by atoms with Gasteiger partial charge in [-0.2, -0.15) is 10.5 Å². The summed E-state index contributed by atoms with van der Waals surface area (Å²) in [5.41, 5.74) is 0.721. The molecule has 0 bridgehead atoms. The Kier molecular flexibility index (Phi) is 3.00. The summed E-state index contributed by atoms with van der Waals surface area (Å²) in [6.45, 7) is 1.58. The number of rotatable bonds is 2. The van der Waals surface area contributed by atoms with Crippen molar-refractivity contribution < 1.29 is 4.92 Å². The third kappa shape index (κ3) is 1.92. The minimum Gasteiger partial charge on any atom is -0.258 e. The highest BCUT2D eigenvalue weighted by Gasteiger charge is 2.20. The van der Waals surface area contributed by atoms with Crippen molar-refractivity contribution in [1.82, 2.24) is 0 Å². The minimum atomic E-state index is -0.553. The van der Waals surface area contributed by atoms with E-state index in [0.29, 0.717) is 5.56 Å². The van der Waals surface area contributed by atoms with Gasteiger partial charge in [-0.15, -0.1) is 0 Å². The standard InChI is InChI=1S/C10H7N3O2/c1-7-2-3-8(6-12)9(4-5-11)10(7)13(14)15/h2-3H,4H2,1H3. The van der Waals surface area contributed by atoms with Crippen molar-refractivity contribution in [2.75, 3.05) is 0 Å². The van der Waals surface area contributed by atoms with E-state index in [1.54, 1.807) is 6.92 Å². The summed E-state index contributed by atoms with van der Waals surface area (Å²) in [7, 11) is 0. The maximum Gasteiger partial charge on any atom is 0.277 e. The third-order valence-corrected chi connectivity index (χ3v) is 2.04. The summed E-state index contributed by atoms with van der Waals surface area (Å²) < 4.78 is 0. The molecule has 0 atom stereocenters. The molecule has 1 aromatic carbocycles. The number of aryl methyl sites for hydroxylation is 1. The van der Waals surface area contributed by atoms with Gasteiger partial charge in [0.1, 0.15) is 0 Å². The molecule has 0 saturated heterocycles. The third-order valence-electron chi connectivity index (χ3n) is 2.04. The predicted octanol–water partition coefficient (Wildman–Crippen LogP) is 1.84. The molecule has 0 unspecified atom stereocenters. The molecular formula is C10H7N3O2. The van der Waals surface area contributed by atoms with Crippen LogP contribution in [0.3, 0.4) is 0 Å². The minimum absolute atomic E-state index is 0.124. The molecule has 0 aliphatic carbocycles. The number of hydrogen-bond acceptors (Lipinski definition) is 4. The molecule has 74 valence electrons. The quantitative estimate of drug-likeness (QED) is 0.539. The molecule has 0 heterocycles. The highest BCUT2D eigenvalue weighted by atomic mass is 16.6. The molecule has 0 aliphatic rings. The van der Waals surface area contributed by atoms with E-state index in [9.17, 15) is 10.1 Å². The van der Waals surface area contributed by atoms with Crippen LogP contribution in [0.15, 0.2) is 12.1 Å². The van der Waals surface area contributed by atoms with Crippen molar-refractivity contribution in [3.63, 3.8) is 0 Å². The van der Waals surface area contributed by atoms with Gasteiger partial charge in [-0.3, -0.25) is 10.1 Å². The van der Waals surface area contributed by atoms with E-state index < -0.39 is 4.92 Å². The fourth-order valence-corrected chi connectivity index (χ4v) is 1.37. The van der Waals surface area contributed by atoms with Crippen LogP contribution in [0.5, 0.6) is 0 Å². The van der Waals surface area contributed by atoms with Crippen molar-refractivity contribution >= 4 is 5.69 Å². The van der Waals surface area contributed by atoms with Gasteiger partial charge in [-0.1, -0.05) is 6.07 Å². The molecule has 0 N–H and O–H groups in total. The molecule has 15 heavy (non-hydrogen) atoms. The number of nitro benzene ring substituents is 1. The zero-order valence-electron chi connectivity index (χ0n) is 8.02. The fraction of sp³-hybridized carbons (Fsp3) is 0.200. The molecule has 5 nitrogen and oxygen atoms in total. The van der Waals surface area contributed by atoms with E-state index in [1.165, 1.54) is 12.1 Å². The molecule has 0 radical (unpaired) electrons. The van der Waals surface area contributed by atoms with E-state index in [4.69, 9.17) is 10.5 Å². The summed E-state index contributed by atoms with van der Waals surface area (Å²) >= 11 is 0. The second-order valence-corrected chi connectivity index (χ2v) is 2.96. The van der Waals surface area contributed by atoms with Crippen molar-refractivity contribution in [1.29, 1.82) is 10.5 Å². The van der Waals surface area contributed by atoms with E-state index in [2.05, 4.69) is 0 Å². The lowest BCUT2D eigenvalue weighted by molar-refractivity contribution is -0.386.